The monoisotopic (exact) mass is 738 g/mol. The molecule has 53 heavy (non-hydrogen) atoms. The zero-order valence-corrected chi connectivity index (χ0v) is 36.1. The molecule has 0 spiro atoms. The van der Waals surface area contributed by atoms with Gasteiger partial charge in [0.25, 0.3) is 0 Å². The van der Waals surface area contributed by atoms with Gasteiger partial charge in [-0.3, -0.25) is 0 Å². The van der Waals surface area contributed by atoms with E-state index in [4.69, 9.17) is 30.5 Å². The van der Waals surface area contributed by atoms with Gasteiger partial charge in [0.05, 0.1) is 33.8 Å². The van der Waals surface area contributed by atoms with Crippen molar-refractivity contribution in [2.75, 3.05) is 28.4 Å². The van der Waals surface area contributed by atoms with Crippen LogP contribution in [0.3, 0.4) is 0 Å². The molecule has 0 aromatic heterocycles. The van der Waals surface area contributed by atoms with Gasteiger partial charge in [0.1, 0.15) is 23.0 Å². The molecule has 4 nitrogen and oxygen atoms in total. The van der Waals surface area contributed by atoms with Crippen molar-refractivity contribution in [3.05, 3.63) is 115 Å². The number of alkyl halides is 1. The number of rotatable bonds is 4. The first-order valence-electron chi connectivity index (χ1n) is 19.0. The number of benzene rings is 4. The summed E-state index contributed by atoms with van der Waals surface area (Å²) in [6, 6.07) is 18.4. The van der Waals surface area contributed by atoms with E-state index < -0.39 is 5.38 Å². The molecule has 5 rings (SSSR count). The molecule has 0 amide bonds. The average Bonchev–Trinajstić information content (AvgIpc) is 3.05. The fourth-order valence-electron chi connectivity index (χ4n) is 7.64. The minimum Gasteiger partial charge on any atom is -0.496 e. The Morgan fingerprint density at radius 2 is 0.585 bits per heavy atom. The highest BCUT2D eigenvalue weighted by atomic mass is 35.5. The molecule has 5 heteroatoms. The Bertz CT molecular complexity index is 1850. The quantitative estimate of drug-likeness (QED) is 0.195. The molecule has 0 fully saturated rings. The third-order valence-corrected chi connectivity index (χ3v) is 11.3. The number of methoxy groups -OCH3 is 4. The summed E-state index contributed by atoms with van der Waals surface area (Å²) in [5, 5.41) is -0.549. The molecule has 8 bridgehead atoms. The van der Waals surface area contributed by atoms with Crippen LogP contribution in [0.4, 0.5) is 0 Å². The molecule has 0 saturated heterocycles. The van der Waals surface area contributed by atoms with E-state index in [2.05, 4.69) is 132 Å². The fraction of sp³-hybridized carbons (Fsp3) is 0.500. The molecule has 0 radical (unpaired) electrons. The maximum atomic E-state index is 7.81. The maximum absolute atomic E-state index is 7.81. The maximum Gasteiger partial charge on any atom is 0.127 e. The van der Waals surface area contributed by atoms with Gasteiger partial charge in [-0.25, -0.2) is 0 Å². The Hall–Kier alpha value is -3.63. The molecule has 4 aromatic rings. The summed E-state index contributed by atoms with van der Waals surface area (Å²) in [5.41, 5.74) is 13.0. The van der Waals surface area contributed by atoms with E-state index >= 15 is 0 Å². The van der Waals surface area contributed by atoms with Gasteiger partial charge in [-0.1, -0.05) is 119 Å². The summed E-state index contributed by atoms with van der Waals surface area (Å²) in [5.74, 6) is 3.37. The van der Waals surface area contributed by atoms with E-state index in [0.717, 1.165) is 67.5 Å². The second kappa shape index (κ2) is 14.5. The standard InChI is InChI=1S/C48H63ClO4/c1-45(2,3)34-20-28-17-29-21-35(46(4,5)6)23-31(42(29)51-14)19-33-25-37(48(10,11)12)27-39(44(33)53-16)40(49)38-26-36(47(7,8)9)24-32(43(38)52-15)18-30(22-34)41(28)50-13/h20-27,40H,17-19H2,1-16H3. The Morgan fingerprint density at radius 1 is 0.377 bits per heavy atom. The number of ether oxygens (including phenoxy) is 4. The van der Waals surface area contributed by atoms with Crippen molar-refractivity contribution >= 4 is 11.6 Å². The third-order valence-electron chi connectivity index (χ3n) is 10.8. The fourth-order valence-corrected chi connectivity index (χ4v) is 7.96. The van der Waals surface area contributed by atoms with Gasteiger partial charge in [-0.15, -0.1) is 11.6 Å². The van der Waals surface area contributed by atoms with Crippen molar-refractivity contribution in [3.63, 3.8) is 0 Å². The van der Waals surface area contributed by atoms with Gasteiger partial charge in [0, 0.05) is 30.4 Å². The van der Waals surface area contributed by atoms with Crippen LogP contribution in [0.1, 0.15) is 155 Å². The molecule has 0 N–H and O–H groups in total. The van der Waals surface area contributed by atoms with Gasteiger partial charge in [0.2, 0.25) is 0 Å². The highest BCUT2D eigenvalue weighted by Gasteiger charge is 2.31. The van der Waals surface area contributed by atoms with Gasteiger partial charge in [-0.2, -0.15) is 0 Å². The number of hydrogen-bond donors (Lipinski definition) is 0. The Balaban J connectivity index is 2.00. The lowest BCUT2D eigenvalue weighted by molar-refractivity contribution is 0.394. The van der Waals surface area contributed by atoms with Crippen LogP contribution in [0.15, 0.2) is 48.5 Å². The molecule has 0 heterocycles. The Morgan fingerprint density at radius 3 is 0.792 bits per heavy atom. The minimum absolute atomic E-state index is 0.0904. The summed E-state index contributed by atoms with van der Waals surface area (Å²) in [6.07, 6.45) is 1.87. The van der Waals surface area contributed by atoms with Gasteiger partial charge < -0.3 is 18.9 Å². The third kappa shape index (κ3) is 8.24. The Kier molecular flexibility index (Phi) is 11.1. The zero-order chi connectivity index (χ0) is 39.4. The summed E-state index contributed by atoms with van der Waals surface area (Å²) in [7, 11) is 7.10. The van der Waals surface area contributed by atoms with Crippen molar-refractivity contribution in [2.45, 2.75) is 129 Å². The molecule has 286 valence electrons. The lowest BCUT2D eigenvalue weighted by Crippen LogP contribution is -2.17. The van der Waals surface area contributed by atoms with E-state index in [1.807, 2.05) is 0 Å². The predicted octanol–water partition coefficient (Wildman–Crippen LogP) is 12.3. The molecule has 4 aromatic carbocycles. The topological polar surface area (TPSA) is 36.9 Å². The molecule has 0 unspecified atom stereocenters. The van der Waals surface area contributed by atoms with Crippen molar-refractivity contribution < 1.29 is 18.9 Å². The lowest BCUT2D eigenvalue weighted by Gasteiger charge is -2.29. The lowest BCUT2D eigenvalue weighted by atomic mass is 9.79. The van der Waals surface area contributed by atoms with E-state index in [0.29, 0.717) is 19.3 Å². The van der Waals surface area contributed by atoms with Crippen LogP contribution in [0.25, 0.3) is 0 Å². The van der Waals surface area contributed by atoms with Crippen molar-refractivity contribution in [2.24, 2.45) is 0 Å². The smallest absolute Gasteiger partial charge is 0.127 e. The Labute approximate surface area is 325 Å². The molecule has 1 aliphatic rings. The van der Waals surface area contributed by atoms with E-state index in [1.165, 1.54) is 22.3 Å². The summed E-state index contributed by atoms with van der Waals surface area (Å²) in [4.78, 5) is 0. The van der Waals surface area contributed by atoms with E-state index in [9.17, 15) is 0 Å². The van der Waals surface area contributed by atoms with Crippen LogP contribution in [0.2, 0.25) is 0 Å². The van der Waals surface area contributed by atoms with Crippen molar-refractivity contribution in [1.29, 1.82) is 0 Å². The first-order valence-corrected chi connectivity index (χ1v) is 19.4. The second-order valence-electron chi connectivity index (χ2n) is 19.1. The SMILES string of the molecule is COc1c2cc(C(C)(C)C)cc1Cc1cc(C(C)(C)C)cc(c1OC)C(Cl)c1cc(C(C)(C)C)cc(c1OC)Cc1cc(C(C)(C)C)cc(c1OC)C2. The zero-order valence-electron chi connectivity index (χ0n) is 35.3. The van der Waals surface area contributed by atoms with E-state index in [1.54, 1.807) is 28.4 Å². The van der Waals surface area contributed by atoms with Crippen LogP contribution in [-0.4, -0.2) is 28.4 Å². The van der Waals surface area contributed by atoms with Gasteiger partial charge in [-0.05, 0) is 89.4 Å². The van der Waals surface area contributed by atoms with Crippen LogP contribution in [-0.2, 0) is 40.9 Å². The molecule has 0 aliphatic heterocycles. The largest absolute Gasteiger partial charge is 0.496 e. The van der Waals surface area contributed by atoms with Gasteiger partial charge >= 0.3 is 0 Å². The molecular weight excluding hydrogens is 676 g/mol. The number of fused-ring (bicyclic) bond motifs is 8. The average molecular weight is 739 g/mol. The number of hydrogen-bond acceptors (Lipinski definition) is 4. The van der Waals surface area contributed by atoms with Crippen LogP contribution in [0, 0.1) is 0 Å². The first kappa shape index (κ1) is 40.6. The summed E-state index contributed by atoms with van der Waals surface area (Å²) < 4.78 is 25.5. The van der Waals surface area contributed by atoms with E-state index in [-0.39, 0.29) is 21.7 Å². The molecule has 0 atom stereocenters. The van der Waals surface area contributed by atoms with Crippen LogP contribution < -0.4 is 18.9 Å². The number of halogens is 1. The summed E-state index contributed by atoms with van der Waals surface area (Å²) >= 11 is 7.81. The first-order chi connectivity index (χ1) is 24.5. The van der Waals surface area contributed by atoms with Crippen LogP contribution in [0.5, 0.6) is 23.0 Å². The normalized spacial score (nSPS) is 14.2. The molecular formula is C48H63ClO4. The summed E-state index contributed by atoms with van der Waals surface area (Å²) in [6.45, 7) is 27.2. The molecule has 1 aliphatic carbocycles. The van der Waals surface area contributed by atoms with Gasteiger partial charge in [0.15, 0.2) is 0 Å². The highest BCUT2D eigenvalue weighted by Crippen LogP contribution is 2.48. The predicted molar refractivity (Wildman–Crippen MR) is 223 cm³/mol. The second-order valence-corrected chi connectivity index (χ2v) is 19.5. The van der Waals surface area contributed by atoms with Crippen LogP contribution >= 0.6 is 11.6 Å². The minimum atomic E-state index is -0.549. The molecule has 0 saturated carbocycles. The van der Waals surface area contributed by atoms with Crippen molar-refractivity contribution in [1.82, 2.24) is 0 Å². The van der Waals surface area contributed by atoms with Crippen molar-refractivity contribution in [3.8, 4) is 23.0 Å². The highest BCUT2D eigenvalue weighted by molar-refractivity contribution is 6.23.